The molecule has 186 valence electrons. The molecule has 0 radical (unpaired) electrons. The number of likely N-dealkylation sites (N-methyl/N-ethyl adjacent to an activating group) is 1. The molecule has 6 nitrogen and oxygen atoms in total. The van der Waals surface area contributed by atoms with Crippen LogP contribution in [0.3, 0.4) is 0 Å². The lowest BCUT2D eigenvalue weighted by Gasteiger charge is -2.31. The van der Waals surface area contributed by atoms with E-state index in [0.717, 1.165) is 25.2 Å². The smallest absolute Gasteiger partial charge is 0.416 e. The van der Waals surface area contributed by atoms with Gasteiger partial charge in [0.15, 0.2) is 5.69 Å². The Hall–Kier alpha value is -3.24. The van der Waals surface area contributed by atoms with Crippen molar-refractivity contribution in [2.24, 2.45) is 0 Å². The molecule has 35 heavy (non-hydrogen) atoms. The molecule has 0 aliphatic carbocycles. The first-order valence-corrected chi connectivity index (χ1v) is 11.2. The van der Waals surface area contributed by atoms with E-state index in [4.69, 9.17) is 4.42 Å². The fourth-order valence-electron chi connectivity index (χ4n) is 4.01. The minimum Gasteiger partial charge on any atom is -0.447 e. The Labute approximate surface area is 200 Å². The van der Waals surface area contributed by atoms with Crippen molar-refractivity contribution in [3.8, 4) is 0 Å². The van der Waals surface area contributed by atoms with Crippen LogP contribution in [0.4, 0.5) is 17.6 Å². The highest BCUT2D eigenvalue weighted by Gasteiger charge is 2.30. The molecule has 1 saturated heterocycles. The standard InChI is InChI=1S/C25H26F4N4O2/c1-31-8-10-33(11-9-31)24(34)22-17-35-23(30-22)16-32(15-19-5-3-7-21(26)13-19)14-18-4-2-6-20(12-18)25(27,28)29/h2-7,12-13,17H,8-11,14-16H2,1H3. The summed E-state index contributed by atoms with van der Waals surface area (Å²) in [6.07, 6.45) is -3.15. The monoisotopic (exact) mass is 490 g/mol. The van der Waals surface area contributed by atoms with Crippen molar-refractivity contribution < 1.29 is 26.8 Å². The number of benzene rings is 2. The number of piperazine rings is 1. The van der Waals surface area contributed by atoms with Crippen LogP contribution in [-0.2, 0) is 25.8 Å². The van der Waals surface area contributed by atoms with Gasteiger partial charge in [-0.05, 0) is 36.4 Å². The molecule has 2 aromatic carbocycles. The lowest BCUT2D eigenvalue weighted by molar-refractivity contribution is -0.137. The number of carbonyl (C=O) groups excluding carboxylic acids is 1. The Kier molecular flexibility index (Phi) is 7.51. The van der Waals surface area contributed by atoms with Crippen molar-refractivity contribution in [1.82, 2.24) is 19.7 Å². The molecule has 0 bridgehead atoms. The van der Waals surface area contributed by atoms with E-state index in [9.17, 15) is 22.4 Å². The molecule has 1 fully saturated rings. The summed E-state index contributed by atoms with van der Waals surface area (Å²) in [7, 11) is 1.99. The molecule has 1 aliphatic heterocycles. The van der Waals surface area contributed by atoms with Gasteiger partial charge in [0, 0.05) is 39.3 Å². The van der Waals surface area contributed by atoms with Gasteiger partial charge in [0.05, 0.1) is 12.1 Å². The Balaban J connectivity index is 1.51. The van der Waals surface area contributed by atoms with E-state index in [1.807, 2.05) is 7.05 Å². The minimum atomic E-state index is -4.45. The third-order valence-corrected chi connectivity index (χ3v) is 5.88. The van der Waals surface area contributed by atoms with Gasteiger partial charge in [0.2, 0.25) is 5.89 Å². The average molecular weight is 491 g/mol. The Morgan fingerprint density at radius 1 is 1.00 bits per heavy atom. The molecular formula is C25H26F4N4O2. The van der Waals surface area contributed by atoms with E-state index >= 15 is 0 Å². The maximum absolute atomic E-state index is 13.7. The molecule has 0 atom stereocenters. The van der Waals surface area contributed by atoms with Gasteiger partial charge in [-0.15, -0.1) is 0 Å². The second kappa shape index (κ2) is 10.6. The van der Waals surface area contributed by atoms with Gasteiger partial charge < -0.3 is 14.2 Å². The third-order valence-electron chi connectivity index (χ3n) is 5.88. The normalized spacial score (nSPS) is 15.1. The lowest BCUT2D eigenvalue weighted by atomic mass is 10.1. The average Bonchev–Trinajstić information content (AvgIpc) is 3.27. The predicted octanol–water partition coefficient (Wildman–Crippen LogP) is 4.42. The quantitative estimate of drug-likeness (QED) is 0.459. The summed E-state index contributed by atoms with van der Waals surface area (Å²) in [4.78, 5) is 22.8. The number of carbonyl (C=O) groups is 1. The molecule has 10 heteroatoms. The Morgan fingerprint density at radius 3 is 2.31 bits per heavy atom. The maximum Gasteiger partial charge on any atom is 0.416 e. The van der Waals surface area contributed by atoms with Crippen molar-refractivity contribution >= 4 is 5.91 Å². The molecule has 0 saturated carbocycles. The summed E-state index contributed by atoms with van der Waals surface area (Å²) in [6, 6.07) is 11.1. The minimum absolute atomic E-state index is 0.128. The van der Waals surface area contributed by atoms with E-state index in [0.29, 0.717) is 24.2 Å². The Bertz CT molecular complexity index is 1160. The highest BCUT2D eigenvalue weighted by atomic mass is 19.4. The van der Waals surface area contributed by atoms with Gasteiger partial charge in [0.1, 0.15) is 12.1 Å². The summed E-state index contributed by atoms with van der Waals surface area (Å²) in [5.41, 5.74) is 0.542. The van der Waals surface area contributed by atoms with Crippen LogP contribution in [0.5, 0.6) is 0 Å². The van der Waals surface area contributed by atoms with E-state index in [-0.39, 0.29) is 37.1 Å². The van der Waals surface area contributed by atoms with Crippen molar-refractivity contribution in [2.75, 3.05) is 33.2 Å². The van der Waals surface area contributed by atoms with Crippen LogP contribution in [0.2, 0.25) is 0 Å². The molecule has 0 unspecified atom stereocenters. The van der Waals surface area contributed by atoms with Crippen LogP contribution in [0.1, 0.15) is 33.1 Å². The van der Waals surface area contributed by atoms with E-state index in [1.54, 1.807) is 28.0 Å². The second-order valence-electron chi connectivity index (χ2n) is 8.70. The van der Waals surface area contributed by atoms with Crippen molar-refractivity contribution in [2.45, 2.75) is 25.8 Å². The van der Waals surface area contributed by atoms with Crippen LogP contribution >= 0.6 is 0 Å². The summed E-state index contributed by atoms with van der Waals surface area (Å²) in [6.45, 7) is 3.26. The van der Waals surface area contributed by atoms with Gasteiger partial charge in [-0.2, -0.15) is 13.2 Å². The van der Waals surface area contributed by atoms with Crippen molar-refractivity contribution in [3.63, 3.8) is 0 Å². The number of amides is 1. The van der Waals surface area contributed by atoms with Crippen LogP contribution in [-0.4, -0.2) is 58.8 Å². The van der Waals surface area contributed by atoms with Crippen LogP contribution in [0, 0.1) is 5.82 Å². The molecular weight excluding hydrogens is 464 g/mol. The van der Waals surface area contributed by atoms with E-state index < -0.39 is 17.6 Å². The molecule has 3 aromatic rings. The van der Waals surface area contributed by atoms with Crippen LogP contribution in [0.25, 0.3) is 0 Å². The second-order valence-corrected chi connectivity index (χ2v) is 8.70. The number of rotatable bonds is 7. The fraction of sp³-hybridized carbons (Fsp3) is 0.360. The van der Waals surface area contributed by atoms with Gasteiger partial charge >= 0.3 is 6.18 Å². The molecule has 1 amide bonds. The van der Waals surface area contributed by atoms with Crippen LogP contribution in [0.15, 0.2) is 59.2 Å². The van der Waals surface area contributed by atoms with Gasteiger partial charge in [0.25, 0.3) is 5.91 Å². The number of aromatic nitrogens is 1. The number of hydrogen-bond acceptors (Lipinski definition) is 5. The molecule has 1 aromatic heterocycles. The molecule has 0 spiro atoms. The topological polar surface area (TPSA) is 52.8 Å². The third kappa shape index (κ3) is 6.67. The summed E-state index contributed by atoms with van der Waals surface area (Å²) in [5.74, 6) is -0.369. The van der Waals surface area contributed by atoms with Gasteiger partial charge in [-0.25, -0.2) is 9.37 Å². The number of alkyl halides is 3. The maximum atomic E-state index is 13.7. The molecule has 2 heterocycles. The van der Waals surface area contributed by atoms with Crippen molar-refractivity contribution in [3.05, 3.63) is 88.9 Å². The molecule has 1 aliphatic rings. The highest BCUT2D eigenvalue weighted by Crippen LogP contribution is 2.30. The molecule has 0 N–H and O–H groups in total. The van der Waals surface area contributed by atoms with Gasteiger partial charge in [-0.3, -0.25) is 9.69 Å². The summed E-state index contributed by atoms with van der Waals surface area (Å²) >= 11 is 0. The fourth-order valence-corrected chi connectivity index (χ4v) is 4.01. The Morgan fingerprint density at radius 2 is 1.66 bits per heavy atom. The summed E-state index contributed by atoms with van der Waals surface area (Å²) in [5, 5.41) is 0. The largest absolute Gasteiger partial charge is 0.447 e. The zero-order valence-electron chi connectivity index (χ0n) is 19.3. The first-order chi connectivity index (χ1) is 16.7. The number of oxazole rings is 1. The highest BCUT2D eigenvalue weighted by molar-refractivity contribution is 5.92. The number of halogens is 4. The zero-order chi connectivity index (χ0) is 25.0. The predicted molar refractivity (Wildman–Crippen MR) is 121 cm³/mol. The number of nitrogens with zero attached hydrogens (tertiary/aromatic N) is 4. The lowest BCUT2D eigenvalue weighted by Crippen LogP contribution is -2.47. The zero-order valence-corrected chi connectivity index (χ0v) is 19.3. The molecule has 4 rings (SSSR count). The van der Waals surface area contributed by atoms with E-state index in [1.165, 1.54) is 24.5 Å². The van der Waals surface area contributed by atoms with Gasteiger partial charge in [-0.1, -0.05) is 30.3 Å². The first kappa shape index (κ1) is 24.9. The van der Waals surface area contributed by atoms with E-state index in [2.05, 4.69) is 9.88 Å². The van der Waals surface area contributed by atoms with Crippen LogP contribution < -0.4 is 0 Å². The first-order valence-electron chi connectivity index (χ1n) is 11.2. The summed E-state index contributed by atoms with van der Waals surface area (Å²) < 4.78 is 58.8. The number of hydrogen-bond donors (Lipinski definition) is 0. The van der Waals surface area contributed by atoms with Crippen molar-refractivity contribution in [1.29, 1.82) is 0 Å². The SMILES string of the molecule is CN1CCN(C(=O)c2coc(CN(Cc3cccc(F)c3)Cc3cccc(C(F)(F)F)c3)n2)CC1.